The van der Waals surface area contributed by atoms with Crippen molar-refractivity contribution in [1.82, 2.24) is 24.3 Å². The predicted molar refractivity (Wildman–Crippen MR) is 192 cm³/mol. The molecule has 6 rings (SSSR count). The summed E-state index contributed by atoms with van der Waals surface area (Å²) in [6.45, 7) is 4.37. The Morgan fingerprint density at radius 3 is 2.38 bits per heavy atom. The third kappa shape index (κ3) is 9.43. The van der Waals surface area contributed by atoms with Crippen LogP contribution in [0.15, 0.2) is 66.9 Å². The van der Waals surface area contributed by atoms with Crippen LogP contribution in [-0.4, -0.2) is 105 Å². The van der Waals surface area contributed by atoms with Crippen molar-refractivity contribution in [3.05, 3.63) is 89.9 Å². The van der Waals surface area contributed by atoms with E-state index in [-0.39, 0.29) is 42.1 Å². The zero-order valence-corrected chi connectivity index (χ0v) is 30.1. The number of rotatable bonds is 16. The first-order chi connectivity index (χ1) is 25.6. The van der Waals surface area contributed by atoms with Crippen molar-refractivity contribution >= 4 is 17.7 Å². The highest BCUT2D eigenvalue weighted by molar-refractivity contribution is 6.12. The second kappa shape index (κ2) is 17.7. The van der Waals surface area contributed by atoms with Crippen LogP contribution >= 0.6 is 0 Å². The molecule has 284 valence electrons. The number of aliphatic hydroxyl groups is 1. The van der Waals surface area contributed by atoms with Crippen LogP contribution in [0.1, 0.15) is 62.9 Å². The minimum absolute atomic E-state index is 0.0116. The van der Waals surface area contributed by atoms with Gasteiger partial charge in [0.2, 0.25) is 0 Å². The largest absolute Gasteiger partial charge is 0.384 e. The number of ether oxygens (including phenoxy) is 1. The van der Waals surface area contributed by atoms with Crippen molar-refractivity contribution in [1.29, 1.82) is 0 Å². The van der Waals surface area contributed by atoms with Gasteiger partial charge >= 0.3 is 0 Å². The average molecular weight is 736 g/mol. The highest BCUT2D eigenvalue weighted by Gasteiger charge is 2.42. The number of unbranched alkanes of at least 4 members (excludes halogenated alkanes) is 3. The molecule has 3 aliphatic rings. The number of aliphatic hydroxyl groups excluding tert-OH is 1. The highest BCUT2D eigenvalue weighted by Crippen LogP contribution is 2.39. The standard InChI is InChI=1S/C40H48F3N5O5/c1-27(49)40(52)48(24-30-23-45(25-34(30)43)17-7-2-3-8-18-47-36(50)13-14-37(47)51)38(29-15-19-53-20-16-29)39-44-35(32-21-31(41)11-12-33(32)42)26-46(39)22-28-9-5-4-6-10-28/h4-6,9-14,21,26-27,29-30,34,38,49H,2-3,7-8,15-20,22-25H2,1H3/t27-,30-,34-,38+/m0/s1. The average Bonchev–Trinajstić information content (AvgIpc) is 3.83. The molecule has 1 N–H and O–H groups in total. The third-order valence-electron chi connectivity index (χ3n) is 10.5. The Balaban J connectivity index is 1.23. The summed E-state index contributed by atoms with van der Waals surface area (Å²) in [7, 11) is 0. The van der Waals surface area contributed by atoms with Gasteiger partial charge in [-0.05, 0) is 68.8 Å². The number of benzene rings is 2. The summed E-state index contributed by atoms with van der Waals surface area (Å²) in [5.41, 5.74) is 1.13. The Hall–Kier alpha value is -4.33. The van der Waals surface area contributed by atoms with E-state index < -0.39 is 41.8 Å². The van der Waals surface area contributed by atoms with E-state index >= 15 is 8.78 Å². The van der Waals surface area contributed by atoms with Crippen LogP contribution in [0.2, 0.25) is 0 Å². The molecule has 2 fully saturated rings. The van der Waals surface area contributed by atoms with Crippen LogP contribution < -0.4 is 0 Å². The predicted octanol–water partition coefficient (Wildman–Crippen LogP) is 5.31. The summed E-state index contributed by atoms with van der Waals surface area (Å²) in [6, 6.07) is 12.1. The number of aromatic nitrogens is 2. The number of alkyl halides is 1. The first-order valence-electron chi connectivity index (χ1n) is 18.6. The number of imidazole rings is 1. The first-order valence-corrected chi connectivity index (χ1v) is 18.6. The molecular weight excluding hydrogens is 687 g/mol. The maximum Gasteiger partial charge on any atom is 0.253 e. The first kappa shape index (κ1) is 38.4. The number of likely N-dealkylation sites (tertiary alicyclic amines) is 1. The van der Waals surface area contributed by atoms with Crippen molar-refractivity contribution in [2.75, 3.05) is 45.9 Å². The molecule has 4 heterocycles. The minimum atomic E-state index is -1.37. The Labute approximate surface area is 308 Å². The minimum Gasteiger partial charge on any atom is -0.384 e. The molecule has 53 heavy (non-hydrogen) atoms. The summed E-state index contributed by atoms with van der Waals surface area (Å²) in [5, 5.41) is 10.7. The van der Waals surface area contributed by atoms with E-state index in [1.165, 1.54) is 24.0 Å². The molecule has 0 bridgehead atoms. The van der Waals surface area contributed by atoms with Gasteiger partial charge in [-0.25, -0.2) is 18.2 Å². The summed E-state index contributed by atoms with van der Waals surface area (Å²) in [4.78, 5) is 47.4. The topological polar surface area (TPSA) is 108 Å². The van der Waals surface area contributed by atoms with E-state index in [0.29, 0.717) is 64.5 Å². The molecule has 10 nitrogen and oxygen atoms in total. The number of carbonyl (C=O) groups is 3. The van der Waals surface area contributed by atoms with Gasteiger partial charge in [0.25, 0.3) is 17.7 Å². The molecule has 3 aromatic rings. The number of nitrogens with zero attached hydrogens (tertiary/aromatic N) is 5. The van der Waals surface area contributed by atoms with Crippen molar-refractivity contribution in [3.63, 3.8) is 0 Å². The molecule has 0 radical (unpaired) electrons. The Morgan fingerprint density at radius 2 is 1.68 bits per heavy atom. The quantitative estimate of drug-likeness (QED) is 0.157. The third-order valence-corrected chi connectivity index (χ3v) is 10.5. The maximum atomic E-state index is 15.9. The van der Waals surface area contributed by atoms with Gasteiger partial charge in [0.1, 0.15) is 29.7 Å². The molecular formula is C40H48F3N5O5. The molecule has 0 unspecified atom stereocenters. The zero-order valence-electron chi connectivity index (χ0n) is 30.1. The molecule has 0 saturated carbocycles. The number of halogens is 3. The summed E-state index contributed by atoms with van der Waals surface area (Å²) >= 11 is 0. The number of imide groups is 1. The zero-order chi connectivity index (χ0) is 37.5. The summed E-state index contributed by atoms with van der Waals surface area (Å²) in [5.74, 6) is -2.60. The highest BCUT2D eigenvalue weighted by atomic mass is 19.1. The summed E-state index contributed by atoms with van der Waals surface area (Å²) in [6.07, 6.45) is 6.03. The van der Waals surface area contributed by atoms with Crippen molar-refractivity contribution in [2.24, 2.45) is 11.8 Å². The van der Waals surface area contributed by atoms with E-state index in [2.05, 4.69) is 4.90 Å². The van der Waals surface area contributed by atoms with E-state index in [0.717, 1.165) is 43.0 Å². The van der Waals surface area contributed by atoms with Gasteiger partial charge in [0, 0.05) is 75.8 Å². The molecule has 3 aliphatic heterocycles. The van der Waals surface area contributed by atoms with Gasteiger partial charge in [0.05, 0.1) is 11.7 Å². The smallest absolute Gasteiger partial charge is 0.253 e. The molecule has 0 aliphatic carbocycles. The van der Waals surface area contributed by atoms with E-state index in [1.807, 2.05) is 34.9 Å². The fourth-order valence-electron chi connectivity index (χ4n) is 7.75. The number of hydrogen-bond acceptors (Lipinski definition) is 7. The van der Waals surface area contributed by atoms with Gasteiger partial charge in [-0.15, -0.1) is 0 Å². The second-order valence-electron chi connectivity index (χ2n) is 14.4. The summed E-state index contributed by atoms with van der Waals surface area (Å²) < 4.78 is 53.0. The van der Waals surface area contributed by atoms with Crippen molar-refractivity contribution < 1.29 is 37.4 Å². The molecule has 13 heteroatoms. The van der Waals surface area contributed by atoms with Crippen LogP contribution in [0.25, 0.3) is 11.3 Å². The molecule has 2 saturated heterocycles. The van der Waals surface area contributed by atoms with Gasteiger partial charge in [0.15, 0.2) is 0 Å². The van der Waals surface area contributed by atoms with Crippen molar-refractivity contribution in [3.8, 4) is 11.3 Å². The second-order valence-corrected chi connectivity index (χ2v) is 14.4. The molecule has 3 amide bonds. The maximum absolute atomic E-state index is 15.9. The molecule has 0 spiro atoms. The van der Waals surface area contributed by atoms with E-state index in [9.17, 15) is 23.9 Å². The van der Waals surface area contributed by atoms with E-state index in [1.54, 1.807) is 11.1 Å². The van der Waals surface area contributed by atoms with Crippen LogP contribution in [0, 0.1) is 23.5 Å². The van der Waals surface area contributed by atoms with Gasteiger partial charge < -0.3 is 19.3 Å². The lowest BCUT2D eigenvalue weighted by atomic mass is 9.88. The number of hydrogen-bond donors (Lipinski definition) is 1. The lowest BCUT2D eigenvalue weighted by Gasteiger charge is -2.40. The van der Waals surface area contributed by atoms with Crippen LogP contribution in [0.5, 0.6) is 0 Å². The van der Waals surface area contributed by atoms with Gasteiger partial charge in [-0.2, -0.15) is 0 Å². The Kier molecular flexibility index (Phi) is 12.8. The normalized spacial score (nSPS) is 20.7. The van der Waals surface area contributed by atoms with Crippen LogP contribution in [-0.2, 0) is 25.7 Å². The molecule has 1 aromatic heterocycles. The van der Waals surface area contributed by atoms with E-state index in [4.69, 9.17) is 9.72 Å². The lowest BCUT2D eigenvalue weighted by molar-refractivity contribution is -0.145. The van der Waals surface area contributed by atoms with Gasteiger partial charge in [-0.3, -0.25) is 24.2 Å². The van der Waals surface area contributed by atoms with Crippen LogP contribution in [0.4, 0.5) is 13.2 Å². The van der Waals surface area contributed by atoms with Crippen LogP contribution in [0.3, 0.4) is 0 Å². The number of carbonyl (C=O) groups excluding carboxylic acids is 3. The van der Waals surface area contributed by atoms with Crippen molar-refractivity contribution in [2.45, 2.75) is 70.3 Å². The molecule has 4 atom stereocenters. The fourth-order valence-corrected chi connectivity index (χ4v) is 7.75. The Bertz CT molecular complexity index is 1740. The molecule has 2 aromatic carbocycles. The monoisotopic (exact) mass is 735 g/mol. The van der Waals surface area contributed by atoms with Gasteiger partial charge in [-0.1, -0.05) is 43.2 Å². The Morgan fingerprint density at radius 1 is 0.981 bits per heavy atom. The SMILES string of the molecule is C[C@H](O)C(=O)N(C[C@@H]1CN(CCCCCCN2C(=O)C=CC2=O)C[C@@H]1F)[C@@H](c1nc(-c2cc(F)ccc2F)cn1Cc1ccccc1)C1CCOCC1. The number of amides is 3. The fraction of sp³-hybridized carbons (Fsp3) is 0.500. The lowest BCUT2D eigenvalue weighted by Crippen LogP contribution is -2.48.